The molecule has 0 aliphatic rings. The number of amides is 1. The summed E-state index contributed by atoms with van der Waals surface area (Å²) < 4.78 is 15.8. The summed E-state index contributed by atoms with van der Waals surface area (Å²) in [5.74, 6) is -0.230. The number of nitrogens with one attached hydrogen (secondary N) is 1. The molecule has 4 nitrogen and oxygen atoms in total. The molecule has 0 atom stereocenters. The van der Waals surface area contributed by atoms with Gasteiger partial charge in [0.15, 0.2) is 0 Å². The number of hydrogen-bond acceptors (Lipinski definition) is 2. The average Bonchev–Trinajstić information content (AvgIpc) is 2.88. The predicted octanol–water partition coefficient (Wildman–Crippen LogP) is 4.17. The predicted molar refractivity (Wildman–Crippen MR) is 105 cm³/mol. The summed E-state index contributed by atoms with van der Waals surface area (Å²) in [6, 6.07) is 10.4. The summed E-state index contributed by atoms with van der Waals surface area (Å²) in [6.07, 6.45) is 2.00. The largest absolute Gasteiger partial charge is 0.351 e. The van der Waals surface area contributed by atoms with E-state index < -0.39 is 5.91 Å². The van der Waals surface area contributed by atoms with Gasteiger partial charge in [0.2, 0.25) is 0 Å². The topological polar surface area (TPSA) is 57.8 Å². The second kappa shape index (κ2) is 9.18. The van der Waals surface area contributed by atoms with Crippen LogP contribution in [0.15, 0.2) is 35.9 Å². The second-order valence-corrected chi connectivity index (χ2v) is 7.10. The minimum absolute atomic E-state index is 0.0494. The Labute approximate surface area is 160 Å². The first-order valence-electron chi connectivity index (χ1n) is 9.13. The first-order chi connectivity index (χ1) is 12.8. The Hall–Kier alpha value is -2.87. The standard InChI is InChI=1S/C22H26FN3O/c1-15(2)14-26-16(3)11-19(17(26)4)12-20(13-24)22(27)25-10-9-18-7-5-6-8-21(18)23/h5-8,11-12,15H,9-10,14H2,1-4H3,(H,25,27)/b20-12+. The van der Waals surface area contributed by atoms with E-state index in [1.54, 1.807) is 24.3 Å². The second-order valence-electron chi connectivity index (χ2n) is 7.10. The number of rotatable bonds is 7. The van der Waals surface area contributed by atoms with Crippen LogP contribution < -0.4 is 5.32 Å². The van der Waals surface area contributed by atoms with Crippen molar-refractivity contribution in [3.8, 4) is 6.07 Å². The van der Waals surface area contributed by atoms with Gasteiger partial charge >= 0.3 is 0 Å². The molecule has 0 saturated carbocycles. The van der Waals surface area contributed by atoms with Crippen LogP contribution in [0.4, 0.5) is 4.39 Å². The third-order valence-corrected chi connectivity index (χ3v) is 4.46. The minimum atomic E-state index is -0.442. The highest BCUT2D eigenvalue weighted by molar-refractivity contribution is 6.01. The average molecular weight is 367 g/mol. The quantitative estimate of drug-likeness (QED) is 0.590. The van der Waals surface area contributed by atoms with Gasteiger partial charge in [-0.2, -0.15) is 5.26 Å². The Bertz CT molecular complexity index is 887. The van der Waals surface area contributed by atoms with Crippen LogP contribution in [0.1, 0.15) is 36.4 Å². The van der Waals surface area contributed by atoms with Crippen molar-refractivity contribution >= 4 is 12.0 Å². The number of carbonyl (C=O) groups is 1. The SMILES string of the molecule is Cc1cc(/C=C(\C#N)C(=O)NCCc2ccccc2F)c(C)n1CC(C)C. The van der Waals surface area contributed by atoms with Crippen LogP contribution in [0.5, 0.6) is 0 Å². The Morgan fingerprint density at radius 1 is 1.33 bits per heavy atom. The van der Waals surface area contributed by atoms with Crippen molar-refractivity contribution in [2.24, 2.45) is 5.92 Å². The van der Waals surface area contributed by atoms with Gasteiger partial charge in [-0.3, -0.25) is 4.79 Å². The zero-order valence-corrected chi connectivity index (χ0v) is 16.3. The Morgan fingerprint density at radius 2 is 2.04 bits per heavy atom. The maximum absolute atomic E-state index is 13.6. The van der Waals surface area contributed by atoms with Crippen molar-refractivity contribution < 1.29 is 9.18 Å². The fraction of sp³-hybridized carbons (Fsp3) is 0.364. The van der Waals surface area contributed by atoms with Crippen molar-refractivity contribution in [3.63, 3.8) is 0 Å². The van der Waals surface area contributed by atoms with Crippen molar-refractivity contribution in [2.75, 3.05) is 6.54 Å². The molecule has 0 aliphatic heterocycles. The van der Waals surface area contributed by atoms with Crippen molar-refractivity contribution in [1.82, 2.24) is 9.88 Å². The van der Waals surface area contributed by atoms with E-state index >= 15 is 0 Å². The van der Waals surface area contributed by atoms with Crippen LogP contribution >= 0.6 is 0 Å². The molecule has 1 aromatic carbocycles. The van der Waals surface area contributed by atoms with Gasteiger partial charge in [0.25, 0.3) is 5.91 Å². The minimum Gasteiger partial charge on any atom is -0.351 e. The summed E-state index contributed by atoms with van der Waals surface area (Å²) in [5.41, 5.74) is 3.60. The molecule has 1 heterocycles. The van der Waals surface area contributed by atoms with E-state index in [4.69, 9.17) is 0 Å². The highest BCUT2D eigenvalue weighted by atomic mass is 19.1. The van der Waals surface area contributed by atoms with E-state index in [2.05, 4.69) is 23.7 Å². The highest BCUT2D eigenvalue weighted by Gasteiger charge is 2.13. The third kappa shape index (κ3) is 5.30. The number of aromatic nitrogens is 1. The Balaban J connectivity index is 2.08. The van der Waals surface area contributed by atoms with E-state index in [1.165, 1.54) is 6.07 Å². The molecular weight excluding hydrogens is 341 g/mol. The zero-order chi connectivity index (χ0) is 20.0. The Morgan fingerprint density at radius 3 is 2.67 bits per heavy atom. The molecule has 2 aromatic rings. The molecule has 0 saturated heterocycles. The van der Waals surface area contributed by atoms with E-state index in [1.807, 2.05) is 26.0 Å². The van der Waals surface area contributed by atoms with Crippen molar-refractivity contribution in [2.45, 2.75) is 40.7 Å². The number of nitriles is 1. The molecule has 0 aliphatic carbocycles. The molecule has 2 rings (SSSR count). The molecule has 0 radical (unpaired) electrons. The maximum atomic E-state index is 13.6. The molecule has 1 amide bonds. The van der Waals surface area contributed by atoms with Gasteiger partial charge in [0.1, 0.15) is 17.5 Å². The van der Waals surface area contributed by atoms with Crippen LogP contribution in [-0.2, 0) is 17.8 Å². The third-order valence-electron chi connectivity index (χ3n) is 4.46. The lowest BCUT2D eigenvalue weighted by Gasteiger charge is -2.12. The molecule has 5 heteroatoms. The van der Waals surface area contributed by atoms with E-state index in [9.17, 15) is 14.4 Å². The van der Waals surface area contributed by atoms with Crippen LogP contribution in [0.2, 0.25) is 0 Å². The normalized spacial score (nSPS) is 11.5. The zero-order valence-electron chi connectivity index (χ0n) is 16.3. The molecule has 0 fully saturated rings. The fourth-order valence-electron chi connectivity index (χ4n) is 3.03. The fourth-order valence-corrected chi connectivity index (χ4v) is 3.03. The monoisotopic (exact) mass is 367 g/mol. The molecule has 1 N–H and O–H groups in total. The number of benzene rings is 1. The van der Waals surface area contributed by atoms with E-state index in [0.29, 0.717) is 17.9 Å². The molecule has 0 unspecified atom stereocenters. The summed E-state index contributed by atoms with van der Waals surface area (Å²) in [7, 11) is 0. The maximum Gasteiger partial charge on any atom is 0.261 e. The lowest BCUT2D eigenvalue weighted by Crippen LogP contribution is -2.27. The first kappa shape index (κ1) is 20.4. The highest BCUT2D eigenvalue weighted by Crippen LogP contribution is 2.19. The van der Waals surface area contributed by atoms with Crippen molar-refractivity contribution in [3.05, 3.63) is 64.2 Å². The first-order valence-corrected chi connectivity index (χ1v) is 9.13. The number of nitrogens with zero attached hydrogens (tertiary/aromatic N) is 2. The molecule has 27 heavy (non-hydrogen) atoms. The van der Waals surface area contributed by atoms with Crippen molar-refractivity contribution in [1.29, 1.82) is 5.26 Å². The summed E-state index contributed by atoms with van der Waals surface area (Å²) in [5, 5.41) is 12.1. The molecule has 1 aromatic heterocycles. The van der Waals surface area contributed by atoms with Crippen LogP contribution in [-0.4, -0.2) is 17.0 Å². The number of halogens is 1. The van der Waals surface area contributed by atoms with Crippen LogP contribution in [0, 0.1) is 36.9 Å². The molecule has 0 bridgehead atoms. The number of aryl methyl sites for hydroxylation is 1. The van der Waals surface area contributed by atoms with Gasteiger partial charge in [0.05, 0.1) is 0 Å². The van der Waals surface area contributed by atoms with Gasteiger partial charge < -0.3 is 9.88 Å². The van der Waals surface area contributed by atoms with Gasteiger partial charge in [-0.1, -0.05) is 32.0 Å². The lowest BCUT2D eigenvalue weighted by molar-refractivity contribution is -0.117. The lowest BCUT2D eigenvalue weighted by atomic mass is 10.1. The Kier molecular flexibility index (Phi) is 6.95. The van der Waals surface area contributed by atoms with Gasteiger partial charge in [-0.15, -0.1) is 0 Å². The molecule has 142 valence electrons. The summed E-state index contributed by atoms with van der Waals surface area (Å²) in [6.45, 7) is 9.48. The number of hydrogen-bond donors (Lipinski definition) is 1. The van der Waals surface area contributed by atoms with Gasteiger partial charge in [-0.25, -0.2) is 4.39 Å². The summed E-state index contributed by atoms with van der Waals surface area (Å²) in [4.78, 5) is 12.3. The van der Waals surface area contributed by atoms with E-state index in [0.717, 1.165) is 23.5 Å². The van der Waals surface area contributed by atoms with Gasteiger partial charge in [-0.05, 0) is 55.5 Å². The summed E-state index contributed by atoms with van der Waals surface area (Å²) >= 11 is 0. The smallest absolute Gasteiger partial charge is 0.261 e. The van der Waals surface area contributed by atoms with E-state index in [-0.39, 0.29) is 17.9 Å². The molecular formula is C22H26FN3O. The van der Waals surface area contributed by atoms with Crippen LogP contribution in [0.3, 0.4) is 0 Å². The van der Waals surface area contributed by atoms with Crippen LogP contribution in [0.25, 0.3) is 6.08 Å². The van der Waals surface area contributed by atoms with Gasteiger partial charge in [0, 0.05) is 24.5 Å². The molecule has 0 spiro atoms. The number of carbonyl (C=O) groups excluding carboxylic acids is 1.